The third-order valence-corrected chi connectivity index (χ3v) is 6.17. The minimum Gasteiger partial charge on any atom is -0.497 e. The highest BCUT2D eigenvalue weighted by molar-refractivity contribution is 6.12. The van der Waals surface area contributed by atoms with Crippen LogP contribution >= 0.6 is 0 Å². The van der Waals surface area contributed by atoms with Crippen LogP contribution in [0.2, 0.25) is 0 Å². The molecule has 0 aliphatic heterocycles. The second-order valence-electron chi connectivity index (χ2n) is 8.55. The summed E-state index contributed by atoms with van der Waals surface area (Å²) in [5, 5.41) is 9.81. The van der Waals surface area contributed by atoms with Gasteiger partial charge in [-0.15, -0.1) is 0 Å². The number of aromatic nitrogens is 3. The topological polar surface area (TPSA) is 95.6 Å². The van der Waals surface area contributed by atoms with E-state index in [0.29, 0.717) is 40.2 Å². The standard InChI is InChI=1S/C28H22F3N3O5/c1-36-18-6-4-5-15(11-18)12-21-24-19-13-22(37-2)23(38-3)14-20(19)25(32-26(24)34-33-21)16-7-9-17(10-8-16)39-27(35)28(29,30)31/h4-11,13-14H,12H2,1-3H3,(H,32,33,34). The monoisotopic (exact) mass is 537 g/mol. The van der Waals surface area contributed by atoms with Crippen molar-refractivity contribution in [2.24, 2.45) is 0 Å². The fraction of sp³-hybridized carbons (Fsp3) is 0.179. The van der Waals surface area contributed by atoms with Crippen LogP contribution in [0.5, 0.6) is 23.0 Å². The molecule has 2 aromatic heterocycles. The Bertz CT molecular complexity index is 1680. The quantitative estimate of drug-likeness (QED) is 0.205. The summed E-state index contributed by atoms with van der Waals surface area (Å²) in [6, 6.07) is 16.9. The maximum absolute atomic E-state index is 12.6. The molecule has 8 nitrogen and oxygen atoms in total. The number of hydrogen-bond donors (Lipinski definition) is 1. The predicted octanol–water partition coefficient (Wildman–Crippen LogP) is 5.86. The highest BCUT2D eigenvalue weighted by Crippen LogP contribution is 2.40. The summed E-state index contributed by atoms with van der Waals surface area (Å²) in [5.74, 6) is -0.827. The zero-order valence-electron chi connectivity index (χ0n) is 21.1. The lowest BCUT2D eigenvalue weighted by Gasteiger charge is -2.14. The fourth-order valence-electron chi connectivity index (χ4n) is 4.36. The SMILES string of the molecule is COc1cccc(Cc2n[nH]c3nc(-c4ccc(OC(=O)C(F)(F)F)cc4)c4cc(OC)c(OC)cc4c23)c1. The van der Waals surface area contributed by atoms with Gasteiger partial charge in [-0.1, -0.05) is 12.1 Å². The van der Waals surface area contributed by atoms with E-state index in [1.54, 1.807) is 13.2 Å². The van der Waals surface area contributed by atoms with Crippen molar-refractivity contribution in [3.63, 3.8) is 0 Å². The summed E-state index contributed by atoms with van der Waals surface area (Å²) in [5.41, 5.74) is 3.34. The van der Waals surface area contributed by atoms with Gasteiger partial charge in [-0.3, -0.25) is 5.10 Å². The van der Waals surface area contributed by atoms with E-state index in [1.165, 1.54) is 38.5 Å². The van der Waals surface area contributed by atoms with Gasteiger partial charge >= 0.3 is 12.1 Å². The van der Waals surface area contributed by atoms with Gasteiger partial charge in [-0.2, -0.15) is 18.3 Å². The minimum absolute atomic E-state index is 0.243. The number of aromatic amines is 1. The number of carbonyl (C=O) groups excluding carboxylic acids is 1. The smallest absolute Gasteiger partial charge is 0.491 e. The Morgan fingerprint density at radius 2 is 1.56 bits per heavy atom. The molecule has 0 aliphatic rings. The predicted molar refractivity (Wildman–Crippen MR) is 137 cm³/mol. The number of hydrogen-bond acceptors (Lipinski definition) is 7. The molecule has 3 aromatic carbocycles. The number of H-pyrrole nitrogens is 1. The fourth-order valence-corrected chi connectivity index (χ4v) is 4.36. The van der Waals surface area contributed by atoms with Crippen LogP contribution in [0.25, 0.3) is 33.1 Å². The Kier molecular flexibility index (Phi) is 6.73. The van der Waals surface area contributed by atoms with Gasteiger partial charge in [-0.25, -0.2) is 9.78 Å². The van der Waals surface area contributed by atoms with Gasteiger partial charge in [0.05, 0.1) is 38.1 Å². The number of nitrogens with one attached hydrogen (secondary N) is 1. The van der Waals surface area contributed by atoms with E-state index in [1.807, 2.05) is 30.3 Å². The second-order valence-corrected chi connectivity index (χ2v) is 8.55. The molecule has 5 aromatic rings. The van der Waals surface area contributed by atoms with Gasteiger partial charge in [0.2, 0.25) is 0 Å². The number of carbonyl (C=O) groups is 1. The lowest BCUT2D eigenvalue weighted by Crippen LogP contribution is -2.27. The van der Waals surface area contributed by atoms with Crippen molar-refractivity contribution in [3.8, 4) is 34.3 Å². The molecular weight excluding hydrogens is 515 g/mol. The van der Waals surface area contributed by atoms with Crippen molar-refractivity contribution in [1.82, 2.24) is 15.2 Å². The van der Waals surface area contributed by atoms with Crippen LogP contribution in [0.3, 0.4) is 0 Å². The first-order valence-electron chi connectivity index (χ1n) is 11.7. The van der Waals surface area contributed by atoms with Crippen LogP contribution in [0.1, 0.15) is 11.3 Å². The van der Waals surface area contributed by atoms with Gasteiger partial charge in [0.25, 0.3) is 0 Å². The zero-order chi connectivity index (χ0) is 27.7. The van der Waals surface area contributed by atoms with Crippen LogP contribution in [0, 0.1) is 0 Å². The van der Waals surface area contributed by atoms with Crippen molar-refractivity contribution in [2.75, 3.05) is 21.3 Å². The first kappa shape index (κ1) is 25.8. The molecule has 0 fully saturated rings. The maximum atomic E-state index is 12.6. The molecular formula is C28H22F3N3O5. The average Bonchev–Trinajstić information content (AvgIpc) is 3.34. The number of methoxy groups -OCH3 is 3. The Balaban J connectivity index is 1.65. The third kappa shape index (κ3) is 5.02. The van der Waals surface area contributed by atoms with Crippen molar-refractivity contribution in [1.29, 1.82) is 0 Å². The van der Waals surface area contributed by atoms with Crippen LogP contribution in [0.4, 0.5) is 13.2 Å². The van der Waals surface area contributed by atoms with E-state index in [4.69, 9.17) is 19.2 Å². The van der Waals surface area contributed by atoms with Crippen LogP contribution in [0.15, 0.2) is 60.7 Å². The Morgan fingerprint density at radius 3 is 2.21 bits per heavy atom. The molecule has 200 valence electrons. The first-order chi connectivity index (χ1) is 18.7. The molecule has 0 saturated heterocycles. The summed E-state index contributed by atoms with van der Waals surface area (Å²) in [4.78, 5) is 16.0. The van der Waals surface area contributed by atoms with Crippen molar-refractivity contribution >= 4 is 27.8 Å². The molecule has 0 unspecified atom stereocenters. The summed E-state index contributed by atoms with van der Waals surface area (Å²) in [6.45, 7) is 0. The number of alkyl halides is 3. The molecule has 0 amide bonds. The minimum atomic E-state index is -5.10. The summed E-state index contributed by atoms with van der Waals surface area (Å²) in [7, 11) is 4.66. The van der Waals surface area contributed by atoms with Gasteiger partial charge in [-0.05, 0) is 54.1 Å². The second kappa shape index (κ2) is 10.2. The number of esters is 1. The van der Waals surface area contributed by atoms with E-state index in [0.717, 1.165) is 27.8 Å². The highest BCUT2D eigenvalue weighted by Gasteiger charge is 2.41. The lowest BCUT2D eigenvalue weighted by atomic mass is 9.98. The van der Waals surface area contributed by atoms with Gasteiger partial charge < -0.3 is 18.9 Å². The molecule has 0 saturated carbocycles. The first-order valence-corrected chi connectivity index (χ1v) is 11.7. The molecule has 0 radical (unpaired) electrons. The number of pyridine rings is 1. The number of rotatable bonds is 7. The van der Waals surface area contributed by atoms with E-state index in [9.17, 15) is 18.0 Å². The number of benzene rings is 3. The van der Waals surface area contributed by atoms with Gasteiger partial charge in [0, 0.05) is 22.8 Å². The normalized spacial score (nSPS) is 11.5. The molecule has 0 atom stereocenters. The number of fused-ring (bicyclic) bond motifs is 3. The Hall–Kier alpha value is -4.80. The average molecular weight is 537 g/mol. The third-order valence-electron chi connectivity index (χ3n) is 6.17. The molecule has 0 spiro atoms. The van der Waals surface area contributed by atoms with Crippen molar-refractivity contribution in [3.05, 3.63) is 71.9 Å². The molecule has 2 heterocycles. The molecule has 0 aliphatic carbocycles. The van der Waals surface area contributed by atoms with Gasteiger partial charge in [0.1, 0.15) is 11.5 Å². The van der Waals surface area contributed by atoms with Crippen LogP contribution < -0.4 is 18.9 Å². The summed E-state index contributed by atoms with van der Waals surface area (Å²) >= 11 is 0. The van der Waals surface area contributed by atoms with Crippen LogP contribution in [-0.2, 0) is 11.2 Å². The van der Waals surface area contributed by atoms with E-state index in [-0.39, 0.29) is 5.75 Å². The summed E-state index contributed by atoms with van der Waals surface area (Å²) < 4.78 is 58.6. The molecule has 11 heteroatoms. The number of halogens is 3. The molecule has 1 N–H and O–H groups in total. The molecule has 0 bridgehead atoms. The highest BCUT2D eigenvalue weighted by atomic mass is 19.4. The maximum Gasteiger partial charge on any atom is 0.491 e. The van der Waals surface area contributed by atoms with Crippen molar-refractivity contribution in [2.45, 2.75) is 12.6 Å². The van der Waals surface area contributed by atoms with E-state index >= 15 is 0 Å². The van der Waals surface area contributed by atoms with E-state index < -0.39 is 12.1 Å². The zero-order valence-corrected chi connectivity index (χ0v) is 21.1. The van der Waals surface area contributed by atoms with Crippen molar-refractivity contribution < 1.29 is 36.9 Å². The Morgan fingerprint density at radius 1 is 0.872 bits per heavy atom. The molecule has 39 heavy (non-hydrogen) atoms. The molecule has 5 rings (SSSR count). The van der Waals surface area contributed by atoms with Crippen LogP contribution in [-0.4, -0.2) is 48.7 Å². The van der Waals surface area contributed by atoms with Gasteiger partial charge in [0.15, 0.2) is 17.1 Å². The Labute approximate surface area is 220 Å². The largest absolute Gasteiger partial charge is 0.497 e. The summed E-state index contributed by atoms with van der Waals surface area (Å²) in [6.07, 6.45) is -4.60. The number of ether oxygens (including phenoxy) is 4. The van der Waals surface area contributed by atoms with E-state index in [2.05, 4.69) is 14.9 Å². The lowest BCUT2D eigenvalue weighted by molar-refractivity contribution is -0.189. The number of nitrogens with zero attached hydrogens (tertiary/aromatic N) is 2.